The van der Waals surface area contributed by atoms with Gasteiger partial charge in [-0.3, -0.25) is 18.9 Å². The second-order valence-electron chi connectivity index (χ2n) is 9.49. The molecule has 8 nitrogen and oxygen atoms in total. The van der Waals surface area contributed by atoms with Crippen LogP contribution in [0.3, 0.4) is 0 Å². The summed E-state index contributed by atoms with van der Waals surface area (Å²) in [5.41, 5.74) is 5.87. The Morgan fingerprint density at radius 2 is 1.56 bits per heavy atom. The molecule has 41 heavy (non-hydrogen) atoms. The van der Waals surface area contributed by atoms with Crippen LogP contribution in [0, 0.1) is 0 Å². The number of hydrogen-bond donors (Lipinski definition) is 1. The van der Waals surface area contributed by atoms with Gasteiger partial charge in [0.1, 0.15) is 11.6 Å². The summed E-state index contributed by atoms with van der Waals surface area (Å²) < 4.78 is 12.1. The second kappa shape index (κ2) is 14.2. The van der Waals surface area contributed by atoms with Gasteiger partial charge in [-0.25, -0.2) is 9.78 Å². The van der Waals surface area contributed by atoms with Crippen LogP contribution in [-0.2, 0) is 19.4 Å². The van der Waals surface area contributed by atoms with Gasteiger partial charge in [0.2, 0.25) is 0 Å². The van der Waals surface area contributed by atoms with E-state index in [0.29, 0.717) is 37.4 Å². The number of aromatic nitrogens is 4. The van der Waals surface area contributed by atoms with Crippen molar-refractivity contribution in [2.24, 2.45) is 0 Å². The number of nitrogens with zero attached hydrogens (tertiary/aromatic N) is 3. The molecule has 2 aromatic heterocycles. The predicted molar refractivity (Wildman–Crippen MR) is 163 cm³/mol. The standard InChI is InChI=1S/C32H32N4O4.K.H/c1-4-9-28-33-27(5-2)29(23-16-18-24(19-17-23)39-6-3)31(37)36(28)20-21-12-14-22(15-13-21)25-10-7-8-11-26(25)30-34-32(38)40-35-30;;/h7-8,10-19H,4-6,9,20H2,1-3H3,(H,34,35,38);;. The molecule has 0 atom stereocenters. The third kappa shape index (κ3) is 6.87. The quantitative estimate of drug-likeness (QED) is 0.228. The molecular formula is C32H33KN4O4. The van der Waals surface area contributed by atoms with Crippen LogP contribution in [0.25, 0.3) is 33.6 Å². The van der Waals surface area contributed by atoms with Crippen molar-refractivity contribution >= 4 is 51.4 Å². The second-order valence-corrected chi connectivity index (χ2v) is 9.49. The number of ether oxygens (including phenoxy) is 1. The maximum atomic E-state index is 14.0. The first kappa shape index (κ1) is 30.9. The monoisotopic (exact) mass is 576 g/mol. The maximum absolute atomic E-state index is 14.0. The third-order valence-corrected chi connectivity index (χ3v) is 6.81. The summed E-state index contributed by atoms with van der Waals surface area (Å²) in [5.74, 6) is 1.35. The Morgan fingerprint density at radius 3 is 2.17 bits per heavy atom. The van der Waals surface area contributed by atoms with E-state index in [-0.39, 0.29) is 56.9 Å². The molecule has 0 amide bonds. The molecule has 5 rings (SSSR count). The van der Waals surface area contributed by atoms with Gasteiger partial charge in [-0.05, 0) is 54.2 Å². The van der Waals surface area contributed by atoms with Crippen molar-refractivity contribution < 1.29 is 9.26 Å². The normalized spacial score (nSPS) is 10.8. The van der Waals surface area contributed by atoms with Crippen molar-refractivity contribution in [3.8, 4) is 39.4 Å². The molecule has 1 N–H and O–H groups in total. The summed E-state index contributed by atoms with van der Waals surface area (Å²) in [7, 11) is 0. The van der Waals surface area contributed by atoms with E-state index in [2.05, 4.69) is 17.1 Å². The van der Waals surface area contributed by atoms with Gasteiger partial charge in [0.15, 0.2) is 5.82 Å². The number of hydrogen-bond acceptors (Lipinski definition) is 6. The summed E-state index contributed by atoms with van der Waals surface area (Å²) >= 11 is 0. The molecule has 0 aliphatic carbocycles. The van der Waals surface area contributed by atoms with Gasteiger partial charge in [0.05, 0.1) is 24.4 Å². The first-order chi connectivity index (χ1) is 19.5. The molecule has 0 bridgehead atoms. The molecule has 0 radical (unpaired) electrons. The van der Waals surface area contributed by atoms with Crippen LogP contribution in [0.5, 0.6) is 5.75 Å². The Hall–Kier alpha value is -3.08. The molecule has 2 heterocycles. The minimum atomic E-state index is -0.596. The molecule has 3 aromatic carbocycles. The first-order valence-corrected chi connectivity index (χ1v) is 13.6. The van der Waals surface area contributed by atoms with E-state index in [0.717, 1.165) is 51.5 Å². The molecule has 0 spiro atoms. The van der Waals surface area contributed by atoms with Crippen molar-refractivity contribution in [1.29, 1.82) is 0 Å². The van der Waals surface area contributed by atoms with Crippen molar-refractivity contribution in [2.45, 2.75) is 46.6 Å². The van der Waals surface area contributed by atoms with Crippen LogP contribution >= 0.6 is 0 Å². The first-order valence-electron chi connectivity index (χ1n) is 13.6. The predicted octanol–water partition coefficient (Wildman–Crippen LogP) is 5.23. The fourth-order valence-electron chi connectivity index (χ4n) is 4.92. The van der Waals surface area contributed by atoms with Gasteiger partial charge in [0.25, 0.3) is 5.56 Å². The summed E-state index contributed by atoms with van der Waals surface area (Å²) in [5, 5.41) is 3.85. The van der Waals surface area contributed by atoms with Crippen molar-refractivity contribution in [2.75, 3.05) is 6.61 Å². The molecule has 0 aliphatic rings. The number of benzene rings is 3. The Bertz CT molecular complexity index is 1720. The molecule has 0 saturated carbocycles. The van der Waals surface area contributed by atoms with Crippen molar-refractivity contribution in [3.05, 3.63) is 111 Å². The molecule has 5 aromatic rings. The number of nitrogens with one attached hydrogen (secondary N) is 1. The molecule has 0 saturated heterocycles. The van der Waals surface area contributed by atoms with Gasteiger partial charge in [-0.2, -0.15) is 0 Å². The average molecular weight is 577 g/mol. The van der Waals surface area contributed by atoms with Crippen molar-refractivity contribution in [3.63, 3.8) is 0 Å². The molecule has 0 unspecified atom stereocenters. The fourth-order valence-corrected chi connectivity index (χ4v) is 4.92. The van der Waals surface area contributed by atoms with Crippen LogP contribution in [0.1, 0.15) is 44.3 Å². The van der Waals surface area contributed by atoms with Crippen LogP contribution in [-0.4, -0.2) is 77.7 Å². The fraction of sp³-hybridized carbons (Fsp3) is 0.250. The molecule has 0 aliphatic heterocycles. The van der Waals surface area contributed by atoms with E-state index in [9.17, 15) is 9.59 Å². The van der Waals surface area contributed by atoms with Crippen LogP contribution in [0.4, 0.5) is 0 Å². The zero-order valence-corrected chi connectivity index (χ0v) is 22.9. The van der Waals surface area contributed by atoms with Gasteiger partial charge >= 0.3 is 57.1 Å². The molecule has 206 valence electrons. The minimum absolute atomic E-state index is 0. The Morgan fingerprint density at radius 1 is 0.878 bits per heavy atom. The summed E-state index contributed by atoms with van der Waals surface area (Å²) in [6.45, 7) is 7.07. The number of aromatic amines is 1. The van der Waals surface area contributed by atoms with E-state index in [1.165, 1.54) is 0 Å². The Kier molecular flexibility index (Phi) is 10.7. The van der Waals surface area contributed by atoms with Gasteiger partial charge < -0.3 is 4.74 Å². The van der Waals surface area contributed by atoms with E-state index in [1.54, 1.807) is 4.57 Å². The zero-order valence-electron chi connectivity index (χ0n) is 22.9. The average Bonchev–Trinajstić information content (AvgIpc) is 3.42. The Balaban J connectivity index is 0.00000387. The van der Waals surface area contributed by atoms with Crippen molar-refractivity contribution in [1.82, 2.24) is 19.7 Å². The van der Waals surface area contributed by atoms with Crippen LogP contribution in [0.2, 0.25) is 0 Å². The molecule has 0 fully saturated rings. The third-order valence-electron chi connectivity index (χ3n) is 6.81. The van der Waals surface area contributed by atoms with E-state index < -0.39 is 5.76 Å². The van der Waals surface area contributed by atoms with Gasteiger partial charge in [-0.1, -0.05) is 79.7 Å². The molecular weight excluding hydrogens is 543 g/mol. The van der Waals surface area contributed by atoms with E-state index in [1.807, 2.05) is 86.6 Å². The number of H-pyrrole nitrogens is 1. The zero-order chi connectivity index (χ0) is 28.1. The van der Waals surface area contributed by atoms with E-state index >= 15 is 0 Å². The summed E-state index contributed by atoms with van der Waals surface area (Å²) in [4.78, 5) is 33.1. The SMILES string of the molecule is CCCc1nc(CC)c(-c2ccc(OCC)cc2)c(=O)n1Cc1ccc(-c2ccccc2-c2noc(=O)[nH]2)cc1.[KH]. The molecule has 9 heteroatoms. The number of aryl methyl sites for hydroxylation is 2. The number of rotatable bonds is 10. The topological polar surface area (TPSA) is 103 Å². The van der Waals surface area contributed by atoms with Gasteiger partial charge in [0, 0.05) is 12.0 Å². The van der Waals surface area contributed by atoms with Crippen LogP contribution in [0.15, 0.2) is 86.9 Å². The Labute approximate surface area is 281 Å². The van der Waals surface area contributed by atoms with Crippen LogP contribution < -0.4 is 16.1 Å². The summed E-state index contributed by atoms with van der Waals surface area (Å²) in [6, 6.07) is 23.4. The summed E-state index contributed by atoms with van der Waals surface area (Å²) in [6.07, 6.45) is 2.27. The van der Waals surface area contributed by atoms with Gasteiger partial charge in [-0.15, -0.1) is 0 Å². The van der Waals surface area contributed by atoms with E-state index in [4.69, 9.17) is 14.2 Å².